The molecular weight excluding hydrogens is 374 g/mol. The number of hydrogen-bond donors (Lipinski definition) is 2. The number of methoxy groups -OCH3 is 3. The number of aryl methyl sites for hydroxylation is 1. The number of carbonyl (C=O) groups is 2. The van der Waals surface area contributed by atoms with Crippen molar-refractivity contribution in [1.29, 1.82) is 0 Å². The van der Waals surface area contributed by atoms with E-state index >= 15 is 0 Å². The molecule has 0 unspecified atom stereocenters. The third kappa shape index (κ3) is 4.71. The molecule has 0 aromatic heterocycles. The van der Waals surface area contributed by atoms with Gasteiger partial charge in [0.25, 0.3) is 5.91 Å². The molecule has 8 heteroatoms. The quantitative estimate of drug-likeness (QED) is 0.705. The first-order valence-electron chi connectivity index (χ1n) is 9.03. The topological polar surface area (TPSA) is 103 Å². The van der Waals surface area contributed by atoms with Gasteiger partial charge in [-0.3, -0.25) is 9.69 Å². The normalized spacial score (nSPS) is 10.2. The number of primary amides is 1. The summed E-state index contributed by atoms with van der Waals surface area (Å²) in [5.74, 6) is 1.47. The number of nitrogens with one attached hydrogen (secondary N) is 1. The molecule has 3 amide bonds. The maximum Gasteiger partial charge on any atom is 0.321 e. The van der Waals surface area contributed by atoms with Crippen molar-refractivity contribution in [1.82, 2.24) is 4.90 Å². The fourth-order valence-electron chi connectivity index (χ4n) is 3.12. The van der Waals surface area contributed by atoms with Gasteiger partial charge in [-0.05, 0) is 42.7 Å². The predicted octanol–water partition coefficient (Wildman–Crippen LogP) is 2.69. The molecule has 0 spiro atoms. The van der Waals surface area contributed by atoms with Crippen molar-refractivity contribution >= 4 is 17.6 Å². The van der Waals surface area contributed by atoms with Crippen molar-refractivity contribution < 1.29 is 23.8 Å². The van der Waals surface area contributed by atoms with E-state index in [4.69, 9.17) is 19.9 Å². The Labute approximate surface area is 170 Å². The molecule has 0 aliphatic heterocycles. The average Bonchev–Trinajstić information content (AvgIpc) is 2.75. The molecule has 156 valence electrons. The van der Waals surface area contributed by atoms with Crippen molar-refractivity contribution in [2.45, 2.75) is 12.8 Å². The van der Waals surface area contributed by atoms with Crippen LogP contribution in [0, 0.1) is 0 Å². The first-order valence-corrected chi connectivity index (χ1v) is 9.03. The van der Waals surface area contributed by atoms with Gasteiger partial charge in [0.2, 0.25) is 0 Å². The van der Waals surface area contributed by atoms with Crippen LogP contribution in [0.25, 0.3) is 0 Å². The summed E-state index contributed by atoms with van der Waals surface area (Å²) in [6.07, 6.45) is 1.27. The average molecular weight is 401 g/mol. The zero-order valence-corrected chi connectivity index (χ0v) is 17.4. The summed E-state index contributed by atoms with van der Waals surface area (Å²) in [4.78, 5) is 24.9. The van der Waals surface area contributed by atoms with Crippen LogP contribution in [-0.4, -0.2) is 52.3 Å². The maximum atomic E-state index is 12.7. The largest absolute Gasteiger partial charge is 0.496 e. The van der Waals surface area contributed by atoms with Crippen molar-refractivity contribution in [2.75, 3.05) is 40.7 Å². The first kappa shape index (κ1) is 21.9. The van der Waals surface area contributed by atoms with Gasteiger partial charge in [0.05, 0.1) is 32.6 Å². The van der Waals surface area contributed by atoms with Gasteiger partial charge in [0, 0.05) is 19.7 Å². The highest BCUT2D eigenvalue weighted by atomic mass is 16.5. The zero-order valence-electron chi connectivity index (χ0n) is 17.4. The summed E-state index contributed by atoms with van der Waals surface area (Å²) >= 11 is 0. The number of ether oxygens (including phenoxy) is 3. The zero-order chi connectivity index (χ0) is 21.6. The Kier molecular flexibility index (Phi) is 7.30. The van der Waals surface area contributed by atoms with Crippen LogP contribution < -0.4 is 25.3 Å². The first-order chi connectivity index (χ1) is 13.9. The third-order valence-corrected chi connectivity index (χ3v) is 4.72. The molecule has 0 saturated heterocycles. The Morgan fingerprint density at radius 1 is 0.966 bits per heavy atom. The molecular formula is C21H27N3O5. The monoisotopic (exact) mass is 401 g/mol. The van der Waals surface area contributed by atoms with Crippen LogP contribution in [0.3, 0.4) is 0 Å². The van der Waals surface area contributed by atoms with Crippen molar-refractivity contribution in [3.8, 4) is 17.2 Å². The summed E-state index contributed by atoms with van der Waals surface area (Å²) in [6.45, 7) is 0. The molecule has 0 bridgehead atoms. The minimum absolute atomic E-state index is 0.344. The van der Waals surface area contributed by atoms with Gasteiger partial charge in [-0.15, -0.1) is 0 Å². The number of urea groups is 1. The van der Waals surface area contributed by atoms with E-state index in [1.165, 1.54) is 7.05 Å². The lowest BCUT2D eigenvalue weighted by molar-refractivity contribution is 0.0839. The standard InChI is InChI=1S/C21H27N3O5/c1-23-19-14(8-6-13-7-10-17(28-4)18(12-13)29-5)16(27-3)11-9-15(19)20(25)24(2)21(22)26/h7,9-12,23H,6,8H2,1-5H3,(H2,22,26). The summed E-state index contributed by atoms with van der Waals surface area (Å²) in [7, 11) is 7.82. The molecule has 2 aromatic carbocycles. The number of nitrogens with zero attached hydrogens (tertiary/aromatic N) is 1. The van der Waals surface area contributed by atoms with Crippen molar-refractivity contribution in [3.63, 3.8) is 0 Å². The lowest BCUT2D eigenvalue weighted by atomic mass is 9.98. The second kappa shape index (κ2) is 9.68. The minimum Gasteiger partial charge on any atom is -0.496 e. The molecule has 3 N–H and O–H groups in total. The summed E-state index contributed by atoms with van der Waals surface area (Å²) in [6, 6.07) is 8.24. The molecule has 2 rings (SSSR count). The predicted molar refractivity (Wildman–Crippen MR) is 111 cm³/mol. The van der Waals surface area contributed by atoms with E-state index in [1.807, 2.05) is 18.2 Å². The Balaban J connectivity index is 2.39. The molecule has 8 nitrogen and oxygen atoms in total. The third-order valence-electron chi connectivity index (χ3n) is 4.72. The molecule has 0 heterocycles. The van der Waals surface area contributed by atoms with Gasteiger partial charge < -0.3 is 25.3 Å². The van der Waals surface area contributed by atoms with Gasteiger partial charge >= 0.3 is 6.03 Å². The van der Waals surface area contributed by atoms with Crippen LogP contribution in [-0.2, 0) is 12.8 Å². The van der Waals surface area contributed by atoms with Crippen molar-refractivity contribution in [3.05, 3.63) is 47.0 Å². The molecule has 0 saturated carbocycles. The van der Waals surface area contributed by atoms with E-state index in [1.54, 1.807) is 40.5 Å². The summed E-state index contributed by atoms with van der Waals surface area (Å²) in [5, 5.41) is 3.07. The van der Waals surface area contributed by atoms with Gasteiger partial charge in [-0.1, -0.05) is 6.07 Å². The number of nitrogens with two attached hydrogens (primary N) is 1. The van der Waals surface area contributed by atoms with Gasteiger partial charge in [0.1, 0.15) is 5.75 Å². The van der Waals surface area contributed by atoms with Crippen LogP contribution >= 0.6 is 0 Å². The Hall–Kier alpha value is -3.42. The fourth-order valence-corrected chi connectivity index (χ4v) is 3.12. The Morgan fingerprint density at radius 2 is 1.59 bits per heavy atom. The number of carbonyl (C=O) groups excluding carboxylic acids is 2. The highest BCUT2D eigenvalue weighted by Gasteiger charge is 2.23. The van der Waals surface area contributed by atoms with Crippen molar-refractivity contribution in [2.24, 2.45) is 5.73 Å². The van der Waals surface area contributed by atoms with E-state index in [0.29, 0.717) is 41.3 Å². The van der Waals surface area contributed by atoms with Crippen LogP contribution in [0.15, 0.2) is 30.3 Å². The van der Waals surface area contributed by atoms with E-state index in [2.05, 4.69) is 5.32 Å². The second-order valence-electron chi connectivity index (χ2n) is 6.31. The van der Waals surface area contributed by atoms with E-state index < -0.39 is 11.9 Å². The van der Waals surface area contributed by atoms with Crippen LogP contribution in [0.1, 0.15) is 21.5 Å². The van der Waals surface area contributed by atoms with E-state index in [9.17, 15) is 9.59 Å². The Morgan fingerprint density at radius 3 is 2.14 bits per heavy atom. The molecule has 2 aromatic rings. The number of amides is 3. The van der Waals surface area contributed by atoms with Gasteiger partial charge in [0.15, 0.2) is 11.5 Å². The lowest BCUT2D eigenvalue weighted by Gasteiger charge is -2.20. The molecule has 0 radical (unpaired) electrons. The highest BCUT2D eigenvalue weighted by Crippen LogP contribution is 2.33. The molecule has 29 heavy (non-hydrogen) atoms. The van der Waals surface area contributed by atoms with Gasteiger partial charge in [-0.25, -0.2) is 4.79 Å². The lowest BCUT2D eigenvalue weighted by Crippen LogP contribution is -2.37. The summed E-state index contributed by atoms with van der Waals surface area (Å²) in [5.41, 5.74) is 8.06. The SMILES string of the molecule is CNc1c(C(=O)N(C)C(N)=O)ccc(OC)c1CCc1ccc(OC)c(OC)c1. The minimum atomic E-state index is -0.820. The number of imide groups is 1. The molecule has 0 aliphatic rings. The number of hydrogen-bond acceptors (Lipinski definition) is 6. The maximum absolute atomic E-state index is 12.7. The highest BCUT2D eigenvalue weighted by molar-refractivity contribution is 6.07. The second-order valence-corrected chi connectivity index (χ2v) is 6.31. The van der Waals surface area contributed by atoms with E-state index in [-0.39, 0.29) is 0 Å². The number of anilines is 1. The van der Waals surface area contributed by atoms with Crippen LogP contribution in [0.4, 0.5) is 10.5 Å². The van der Waals surface area contributed by atoms with Crippen LogP contribution in [0.5, 0.6) is 17.2 Å². The fraction of sp³-hybridized carbons (Fsp3) is 0.333. The number of rotatable bonds is 8. The smallest absolute Gasteiger partial charge is 0.321 e. The summed E-state index contributed by atoms with van der Waals surface area (Å²) < 4.78 is 16.1. The Bertz CT molecular complexity index is 898. The van der Waals surface area contributed by atoms with E-state index in [0.717, 1.165) is 16.0 Å². The number of benzene rings is 2. The molecule has 0 aliphatic carbocycles. The molecule has 0 fully saturated rings. The van der Waals surface area contributed by atoms with Gasteiger partial charge in [-0.2, -0.15) is 0 Å². The molecule has 0 atom stereocenters. The van der Waals surface area contributed by atoms with Crippen LogP contribution in [0.2, 0.25) is 0 Å².